The third-order valence-electron chi connectivity index (χ3n) is 10.1. The third-order valence-corrected chi connectivity index (χ3v) is 11.3. The highest BCUT2D eigenvalue weighted by molar-refractivity contribution is 7.26. The number of fused-ring (bicyclic) bond motifs is 4. The van der Waals surface area contributed by atoms with Crippen LogP contribution in [-0.2, 0) is 0 Å². The number of hydrogen-bond donors (Lipinski definition) is 0. The van der Waals surface area contributed by atoms with E-state index < -0.39 is 0 Å². The number of benzene rings is 8. The molecule has 0 bridgehead atoms. The van der Waals surface area contributed by atoms with Crippen molar-refractivity contribution in [3.63, 3.8) is 0 Å². The molecule has 0 radical (unpaired) electrons. The third kappa shape index (κ3) is 5.87. The van der Waals surface area contributed by atoms with E-state index in [1.165, 1.54) is 53.2 Å². The van der Waals surface area contributed by atoms with Gasteiger partial charge >= 0.3 is 0 Å². The van der Waals surface area contributed by atoms with Crippen LogP contribution in [0.2, 0.25) is 0 Å². The molecule has 53 heavy (non-hydrogen) atoms. The maximum atomic E-state index is 5.27. The van der Waals surface area contributed by atoms with Gasteiger partial charge in [-0.25, -0.2) is 9.97 Å². The van der Waals surface area contributed by atoms with E-state index in [-0.39, 0.29) is 0 Å². The molecule has 0 aliphatic carbocycles. The van der Waals surface area contributed by atoms with Gasteiger partial charge < -0.3 is 0 Å². The molecule has 0 amide bonds. The number of hydrogen-bond acceptors (Lipinski definition) is 3. The van der Waals surface area contributed by atoms with E-state index in [4.69, 9.17) is 9.97 Å². The number of nitrogens with zero attached hydrogens (tertiary/aromatic N) is 2. The highest BCUT2D eigenvalue weighted by Gasteiger charge is 2.16. The van der Waals surface area contributed by atoms with Crippen LogP contribution in [-0.4, -0.2) is 9.97 Å². The fraction of sp³-hybridized carbons (Fsp3) is 0. The summed E-state index contributed by atoms with van der Waals surface area (Å²) in [6.07, 6.45) is 0. The molecule has 10 rings (SSSR count). The summed E-state index contributed by atoms with van der Waals surface area (Å²) in [6, 6.07) is 69.3. The fourth-order valence-electron chi connectivity index (χ4n) is 7.36. The quantitative estimate of drug-likeness (QED) is 0.173. The molecule has 2 nitrogen and oxygen atoms in total. The molecule has 0 unspecified atom stereocenters. The van der Waals surface area contributed by atoms with E-state index in [2.05, 4.69) is 176 Å². The monoisotopic (exact) mass is 692 g/mol. The second kappa shape index (κ2) is 13.1. The Bertz CT molecular complexity index is 2930. The van der Waals surface area contributed by atoms with Crippen molar-refractivity contribution >= 4 is 42.3 Å². The lowest BCUT2D eigenvalue weighted by atomic mass is 9.93. The zero-order valence-electron chi connectivity index (χ0n) is 28.8. The Morgan fingerprint density at radius 2 is 0.906 bits per heavy atom. The first-order chi connectivity index (χ1) is 26.2. The normalized spacial score (nSPS) is 11.4. The van der Waals surface area contributed by atoms with Crippen LogP contribution in [0.4, 0.5) is 0 Å². The number of thiophene rings is 1. The lowest BCUT2D eigenvalue weighted by Gasteiger charge is -2.14. The predicted octanol–water partition coefficient (Wildman–Crippen LogP) is 14.0. The smallest absolute Gasteiger partial charge is 0.160 e. The van der Waals surface area contributed by atoms with Crippen LogP contribution in [0.3, 0.4) is 0 Å². The van der Waals surface area contributed by atoms with Crippen LogP contribution in [0.1, 0.15) is 0 Å². The maximum Gasteiger partial charge on any atom is 0.160 e. The maximum absolute atomic E-state index is 5.27. The lowest BCUT2D eigenvalue weighted by Crippen LogP contribution is -1.96. The lowest BCUT2D eigenvalue weighted by molar-refractivity contribution is 1.18. The second-order valence-electron chi connectivity index (χ2n) is 13.4. The molecule has 0 aliphatic rings. The Balaban J connectivity index is 1.19. The standard InChI is InChI=1S/C50H32N2S/c1-3-12-33(13-4-1)35-22-25-36(26-23-35)46-32-47(52-50(51-46)37-15-5-2-6-16-37)42-30-40(39-27-24-34-14-7-8-17-38(34)28-39)29-41(31-42)43-19-11-20-45-44-18-9-10-21-48(44)53-49(43)45/h1-32H. The second-order valence-corrected chi connectivity index (χ2v) is 14.5. The van der Waals surface area contributed by atoms with Crippen molar-refractivity contribution in [2.45, 2.75) is 0 Å². The van der Waals surface area contributed by atoms with E-state index in [9.17, 15) is 0 Å². The van der Waals surface area contributed by atoms with Gasteiger partial charge in [0, 0.05) is 36.9 Å². The molecule has 10 aromatic rings. The topological polar surface area (TPSA) is 25.8 Å². The van der Waals surface area contributed by atoms with Gasteiger partial charge in [0.15, 0.2) is 5.82 Å². The Kier molecular flexibility index (Phi) is 7.71. The summed E-state index contributed by atoms with van der Waals surface area (Å²) in [6.45, 7) is 0. The first kappa shape index (κ1) is 31.1. The molecule has 0 spiro atoms. The molecule has 0 saturated heterocycles. The first-order valence-electron chi connectivity index (χ1n) is 17.9. The molecule has 8 aromatic carbocycles. The van der Waals surface area contributed by atoms with Gasteiger partial charge in [0.25, 0.3) is 0 Å². The summed E-state index contributed by atoms with van der Waals surface area (Å²) in [5, 5.41) is 5.04. The summed E-state index contributed by atoms with van der Waals surface area (Å²) in [5.41, 5.74) is 11.9. The van der Waals surface area contributed by atoms with Crippen LogP contribution in [0, 0.1) is 0 Å². The Labute approximate surface area is 312 Å². The molecule has 2 aromatic heterocycles. The minimum atomic E-state index is 0.703. The van der Waals surface area contributed by atoms with Crippen molar-refractivity contribution in [1.82, 2.24) is 9.97 Å². The molecule has 3 heteroatoms. The minimum absolute atomic E-state index is 0.703. The van der Waals surface area contributed by atoms with Crippen LogP contribution in [0.5, 0.6) is 0 Å². The van der Waals surface area contributed by atoms with Crippen LogP contribution in [0.15, 0.2) is 194 Å². The SMILES string of the molecule is c1ccc(-c2ccc(-c3cc(-c4cc(-c5ccc6ccccc6c5)cc(-c5cccc6c5sc5ccccc56)c4)nc(-c4ccccc4)n3)cc2)cc1. The van der Waals surface area contributed by atoms with E-state index >= 15 is 0 Å². The average molecular weight is 693 g/mol. The molecular formula is C50H32N2S. The van der Waals surface area contributed by atoms with Gasteiger partial charge in [0.05, 0.1) is 11.4 Å². The summed E-state index contributed by atoms with van der Waals surface area (Å²) >= 11 is 1.86. The summed E-state index contributed by atoms with van der Waals surface area (Å²) in [7, 11) is 0. The van der Waals surface area contributed by atoms with Gasteiger partial charge in [-0.05, 0) is 80.6 Å². The van der Waals surface area contributed by atoms with Crippen LogP contribution in [0.25, 0.3) is 98.2 Å². The molecular weight excluding hydrogens is 661 g/mol. The van der Waals surface area contributed by atoms with Gasteiger partial charge in [-0.1, -0.05) is 158 Å². The van der Waals surface area contributed by atoms with Crippen molar-refractivity contribution in [2.24, 2.45) is 0 Å². The summed E-state index contributed by atoms with van der Waals surface area (Å²) in [5.74, 6) is 0.703. The zero-order valence-corrected chi connectivity index (χ0v) is 29.6. The molecule has 0 saturated carbocycles. The van der Waals surface area contributed by atoms with Crippen molar-refractivity contribution < 1.29 is 0 Å². The highest BCUT2D eigenvalue weighted by atomic mass is 32.1. The van der Waals surface area contributed by atoms with Gasteiger partial charge in [0.2, 0.25) is 0 Å². The molecule has 0 atom stereocenters. The highest BCUT2D eigenvalue weighted by Crippen LogP contribution is 2.42. The molecule has 0 fully saturated rings. The van der Waals surface area contributed by atoms with Gasteiger partial charge in [0.1, 0.15) is 0 Å². The fourth-order valence-corrected chi connectivity index (χ4v) is 8.60. The van der Waals surface area contributed by atoms with Crippen LogP contribution < -0.4 is 0 Å². The zero-order chi connectivity index (χ0) is 35.1. The van der Waals surface area contributed by atoms with Crippen molar-refractivity contribution in [3.8, 4) is 67.3 Å². The number of aromatic nitrogens is 2. The summed E-state index contributed by atoms with van der Waals surface area (Å²) < 4.78 is 2.59. The number of rotatable bonds is 6. The first-order valence-corrected chi connectivity index (χ1v) is 18.7. The van der Waals surface area contributed by atoms with Crippen molar-refractivity contribution in [2.75, 3.05) is 0 Å². The van der Waals surface area contributed by atoms with E-state index in [0.717, 1.165) is 39.2 Å². The summed E-state index contributed by atoms with van der Waals surface area (Å²) in [4.78, 5) is 10.4. The molecule has 0 aliphatic heterocycles. The van der Waals surface area contributed by atoms with E-state index in [1.807, 2.05) is 29.5 Å². The molecule has 0 N–H and O–H groups in total. The molecule has 2 heterocycles. The Morgan fingerprint density at radius 3 is 1.72 bits per heavy atom. The minimum Gasteiger partial charge on any atom is -0.228 e. The van der Waals surface area contributed by atoms with Gasteiger partial charge in [-0.2, -0.15) is 0 Å². The van der Waals surface area contributed by atoms with E-state index in [0.29, 0.717) is 5.82 Å². The van der Waals surface area contributed by atoms with Gasteiger partial charge in [-0.3, -0.25) is 0 Å². The van der Waals surface area contributed by atoms with Gasteiger partial charge in [-0.15, -0.1) is 11.3 Å². The predicted molar refractivity (Wildman–Crippen MR) is 225 cm³/mol. The molecule has 248 valence electrons. The van der Waals surface area contributed by atoms with E-state index in [1.54, 1.807) is 0 Å². The Morgan fingerprint density at radius 1 is 0.321 bits per heavy atom. The Hall–Kier alpha value is -6.68. The largest absolute Gasteiger partial charge is 0.228 e. The van der Waals surface area contributed by atoms with Crippen LogP contribution >= 0.6 is 11.3 Å². The van der Waals surface area contributed by atoms with Crippen molar-refractivity contribution in [3.05, 3.63) is 194 Å². The van der Waals surface area contributed by atoms with Crippen molar-refractivity contribution in [1.29, 1.82) is 0 Å². The average Bonchev–Trinajstić information content (AvgIpc) is 3.63.